The summed E-state index contributed by atoms with van der Waals surface area (Å²) in [5, 5.41) is 0. The first-order valence-electron chi connectivity index (χ1n) is 7.82. The minimum absolute atomic E-state index is 0.115. The van der Waals surface area contributed by atoms with Crippen LogP contribution in [0.2, 0.25) is 0 Å². The second-order valence-electron chi connectivity index (χ2n) is 5.79. The van der Waals surface area contributed by atoms with Crippen LogP contribution in [-0.4, -0.2) is 67.7 Å². The highest BCUT2D eigenvalue weighted by Crippen LogP contribution is 2.16. The zero-order chi connectivity index (χ0) is 15.1. The van der Waals surface area contributed by atoms with Crippen LogP contribution < -0.4 is 5.73 Å². The van der Waals surface area contributed by atoms with Gasteiger partial charge in [0, 0.05) is 39.3 Å². The van der Waals surface area contributed by atoms with E-state index < -0.39 is 0 Å². The molecule has 0 aliphatic carbocycles. The van der Waals surface area contributed by atoms with Crippen LogP contribution in [0.3, 0.4) is 0 Å². The van der Waals surface area contributed by atoms with Crippen LogP contribution in [0.15, 0.2) is 0 Å². The monoisotopic (exact) mass is 285 g/mol. The van der Waals surface area contributed by atoms with Crippen LogP contribution in [0.25, 0.3) is 0 Å². The number of hydrogen-bond donors (Lipinski definition) is 1. The predicted molar refractivity (Wildman–Crippen MR) is 81.5 cm³/mol. The van der Waals surface area contributed by atoms with Crippen LogP contribution in [0.5, 0.6) is 0 Å². The predicted octanol–water partition coefficient (Wildman–Crippen LogP) is 0.929. The summed E-state index contributed by atoms with van der Waals surface area (Å²) in [6.07, 6.45) is 1.99. The fourth-order valence-corrected chi connectivity index (χ4v) is 2.69. The van der Waals surface area contributed by atoms with Crippen LogP contribution in [0.1, 0.15) is 33.6 Å². The summed E-state index contributed by atoms with van der Waals surface area (Å²) in [6.45, 7) is 10.5. The number of nitrogens with zero attached hydrogens (tertiary/aromatic N) is 2. The van der Waals surface area contributed by atoms with Gasteiger partial charge in [-0.3, -0.25) is 9.69 Å². The summed E-state index contributed by atoms with van der Waals surface area (Å²) in [4.78, 5) is 16.8. The van der Waals surface area contributed by atoms with Gasteiger partial charge in [-0.05, 0) is 12.3 Å². The van der Waals surface area contributed by atoms with Gasteiger partial charge in [-0.25, -0.2) is 0 Å². The van der Waals surface area contributed by atoms with Crippen molar-refractivity contribution in [1.29, 1.82) is 0 Å². The Balaban J connectivity index is 2.57. The average molecular weight is 285 g/mol. The molecule has 0 bridgehead atoms. The maximum Gasteiger partial charge on any atom is 0.239 e. The Bertz CT molecular complexity index is 299. The van der Waals surface area contributed by atoms with Crippen molar-refractivity contribution in [3.8, 4) is 0 Å². The van der Waals surface area contributed by atoms with E-state index in [0.29, 0.717) is 6.04 Å². The smallest absolute Gasteiger partial charge is 0.239 e. The molecule has 0 aromatic rings. The third kappa shape index (κ3) is 4.43. The lowest BCUT2D eigenvalue weighted by atomic mass is 9.98. The molecular weight excluding hydrogens is 254 g/mol. The van der Waals surface area contributed by atoms with Gasteiger partial charge in [-0.15, -0.1) is 0 Å². The second-order valence-corrected chi connectivity index (χ2v) is 5.79. The Morgan fingerprint density at radius 1 is 1.40 bits per heavy atom. The molecule has 0 saturated carbocycles. The molecule has 1 rings (SSSR count). The van der Waals surface area contributed by atoms with E-state index in [1.807, 2.05) is 4.90 Å². The normalized spacial score (nSPS) is 23.6. The van der Waals surface area contributed by atoms with Crippen molar-refractivity contribution in [2.24, 2.45) is 11.7 Å². The van der Waals surface area contributed by atoms with Gasteiger partial charge >= 0.3 is 0 Å². The first-order chi connectivity index (χ1) is 9.54. The van der Waals surface area contributed by atoms with Crippen molar-refractivity contribution in [1.82, 2.24) is 9.80 Å². The number of piperazine rings is 1. The van der Waals surface area contributed by atoms with Gasteiger partial charge in [0.05, 0.1) is 12.6 Å². The molecule has 20 heavy (non-hydrogen) atoms. The summed E-state index contributed by atoms with van der Waals surface area (Å²) in [6, 6.07) is 0.0648. The lowest BCUT2D eigenvalue weighted by Gasteiger charge is -2.42. The lowest BCUT2D eigenvalue weighted by molar-refractivity contribution is -0.137. The number of carbonyl (C=O) groups excluding carboxylic acids is 1. The summed E-state index contributed by atoms with van der Waals surface area (Å²) >= 11 is 0. The quantitative estimate of drug-likeness (QED) is 0.756. The molecule has 3 atom stereocenters. The van der Waals surface area contributed by atoms with Gasteiger partial charge in [0.1, 0.15) is 0 Å². The number of amides is 1. The molecule has 1 amide bonds. The van der Waals surface area contributed by atoms with Gasteiger partial charge in [-0.1, -0.05) is 27.2 Å². The van der Waals surface area contributed by atoms with E-state index in [4.69, 9.17) is 10.5 Å². The fraction of sp³-hybridized carbons (Fsp3) is 0.933. The van der Waals surface area contributed by atoms with Crippen molar-refractivity contribution < 1.29 is 9.53 Å². The molecule has 3 unspecified atom stereocenters. The number of hydrogen-bond acceptors (Lipinski definition) is 4. The van der Waals surface area contributed by atoms with Crippen LogP contribution in [0.4, 0.5) is 0 Å². The third-order valence-electron chi connectivity index (χ3n) is 4.51. The zero-order valence-electron chi connectivity index (χ0n) is 13.5. The summed E-state index contributed by atoms with van der Waals surface area (Å²) in [7, 11) is 1.73. The van der Waals surface area contributed by atoms with Crippen molar-refractivity contribution in [2.45, 2.75) is 45.7 Å². The van der Waals surface area contributed by atoms with E-state index in [-0.39, 0.29) is 17.9 Å². The van der Waals surface area contributed by atoms with Gasteiger partial charge in [0.25, 0.3) is 0 Å². The maximum atomic E-state index is 12.4. The molecule has 0 aromatic carbocycles. The summed E-state index contributed by atoms with van der Waals surface area (Å²) in [5.74, 6) is 0.360. The molecule has 5 heteroatoms. The molecule has 0 aromatic heterocycles. The van der Waals surface area contributed by atoms with E-state index in [9.17, 15) is 4.79 Å². The second kappa shape index (κ2) is 8.60. The van der Waals surface area contributed by atoms with Gasteiger partial charge < -0.3 is 15.4 Å². The molecule has 5 nitrogen and oxygen atoms in total. The fourth-order valence-electron chi connectivity index (χ4n) is 2.69. The largest absolute Gasteiger partial charge is 0.383 e. The highest BCUT2D eigenvalue weighted by atomic mass is 16.5. The van der Waals surface area contributed by atoms with Gasteiger partial charge in [-0.2, -0.15) is 0 Å². The SMILES string of the molecule is CCC(C)C(N)C(=O)N1CCN(CCOC)C(CC)C1. The Morgan fingerprint density at radius 3 is 2.65 bits per heavy atom. The number of rotatable bonds is 7. The molecule has 0 radical (unpaired) electrons. The number of ether oxygens (including phenoxy) is 1. The minimum atomic E-state index is -0.358. The lowest BCUT2D eigenvalue weighted by Crippen LogP contribution is -2.58. The van der Waals surface area contributed by atoms with Crippen molar-refractivity contribution in [3.05, 3.63) is 0 Å². The van der Waals surface area contributed by atoms with E-state index in [1.165, 1.54) is 0 Å². The van der Waals surface area contributed by atoms with Gasteiger partial charge in [0.2, 0.25) is 5.91 Å². The standard InChI is InChI=1S/C15H31N3O2/c1-5-12(3)14(16)15(19)18-8-7-17(9-10-20-4)13(6-2)11-18/h12-14H,5-11,16H2,1-4H3. The Morgan fingerprint density at radius 2 is 2.10 bits per heavy atom. The van der Waals surface area contributed by atoms with Crippen molar-refractivity contribution >= 4 is 5.91 Å². The molecule has 2 N–H and O–H groups in total. The topological polar surface area (TPSA) is 58.8 Å². The summed E-state index contributed by atoms with van der Waals surface area (Å²) < 4.78 is 5.15. The Labute approximate surface area is 123 Å². The van der Waals surface area contributed by atoms with E-state index in [2.05, 4.69) is 25.7 Å². The summed E-state index contributed by atoms with van der Waals surface area (Å²) in [5.41, 5.74) is 6.08. The molecule has 1 heterocycles. The first kappa shape index (κ1) is 17.4. The molecule has 1 saturated heterocycles. The zero-order valence-corrected chi connectivity index (χ0v) is 13.5. The van der Waals surface area contributed by atoms with Crippen molar-refractivity contribution in [2.75, 3.05) is 39.9 Å². The molecular formula is C15H31N3O2. The van der Waals surface area contributed by atoms with E-state index >= 15 is 0 Å². The highest BCUT2D eigenvalue weighted by Gasteiger charge is 2.31. The number of carbonyl (C=O) groups is 1. The molecule has 1 aliphatic heterocycles. The van der Waals surface area contributed by atoms with Crippen LogP contribution in [0, 0.1) is 5.92 Å². The molecule has 118 valence electrons. The number of nitrogens with two attached hydrogens (primary N) is 1. The minimum Gasteiger partial charge on any atom is -0.383 e. The third-order valence-corrected chi connectivity index (χ3v) is 4.51. The average Bonchev–Trinajstić information content (AvgIpc) is 2.50. The van der Waals surface area contributed by atoms with Crippen molar-refractivity contribution in [3.63, 3.8) is 0 Å². The highest BCUT2D eigenvalue weighted by molar-refractivity contribution is 5.82. The van der Waals surface area contributed by atoms with Crippen LogP contribution >= 0.6 is 0 Å². The van der Waals surface area contributed by atoms with Crippen LogP contribution in [-0.2, 0) is 9.53 Å². The maximum absolute atomic E-state index is 12.4. The first-order valence-corrected chi connectivity index (χ1v) is 7.82. The van der Waals surface area contributed by atoms with E-state index in [0.717, 1.165) is 45.6 Å². The van der Waals surface area contributed by atoms with E-state index in [1.54, 1.807) is 7.11 Å². The number of methoxy groups -OCH3 is 1. The van der Waals surface area contributed by atoms with Gasteiger partial charge in [0.15, 0.2) is 0 Å². The Kier molecular flexibility index (Phi) is 7.48. The Hall–Kier alpha value is -0.650. The molecule has 1 aliphatic rings. The molecule has 0 spiro atoms. The molecule has 1 fully saturated rings.